The molecule has 0 fully saturated rings. The summed E-state index contributed by atoms with van der Waals surface area (Å²) < 4.78 is 0. The first kappa shape index (κ1) is 36.6. The van der Waals surface area contributed by atoms with E-state index in [9.17, 15) is 0 Å². The standard InChI is InChI=1S/C4H10NO.4C2H6O.Ta/c1-5(2)3-4-6;4*1-2-3;/h4,6H,3H2,1-2H3;4*3H,2H2,1H3;/q-1;;;;;. The third kappa shape index (κ3) is 411. The van der Waals surface area contributed by atoms with Crippen molar-refractivity contribution in [3.8, 4) is 0 Å². The molecule has 5 N–H and O–H groups in total. The SMILES string of the molecule is CCO.CCO.CCO.CCO.CN(C)C[CH-]O.[Ta]. The molecule has 1 radical (unpaired) electrons. The van der Waals surface area contributed by atoms with Crippen molar-refractivity contribution in [2.24, 2.45) is 0 Å². The zero-order valence-corrected chi connectivity index (χ0v) is 16.5. The van der Waals surface area contributed by atoms with Crippen molar-refractivity contribution in [2.75, 3.05) is 47.1 Å². The average Bonchev–Trinajstić information content (AvgIpc) is 2.21. The maximum atomic E-state index is 8.07. The van der Waals surface area contributed by atoms with Gasteiger partial charge in [-0.25, -0.2) is 6.61 Å². The van der Waals surface area contributed by atoms with Gasteiger partial charge in [0, 0.05) is 48.8 Å². The quantitative estimate of drug-likeness (QED) is 0.380. The fraction of sp³-hybridized carbons (Fsp3) is 0.917. The molecule has 123 valence electrons. The maximum absolute atomic E-state index is 8.07. The molecule has 0 bridgehead atoms. The predicted molar refractivity (Wildman–Crippen MR) is 75.8 cm³/mol. The summed E-state index contributed by atoms with van der Waals surface area (Å²) >= 11 is 0. The van der Waals surface area contributed by atoms with Crippen molar-refractivity contribution >= 4 is 0 Å². The summed E-state index contributed by atoms with van der Waals surface area (Å²) in [6.07, 6.45) is 0. The first-order valence-corrected chi connectivity index (χ1v) is 5.97. The van der Waals surface area contributed by atoms with Gasteiger partial charge >= 0.3 is 0 Å². The second-order valence-corrected chi connectivity index (χ2v) is 2.71. The van der Waals surface area contributed by atoms with Gasteiger partial charge in [0.15, 0.2) is 0 Å². The third-order valence-corrected chi connectivity index (χ3v) is 0.447. The Morgan fingerprint density at radius 1 is 0.737 bits per heavy atom. The van der Waals surface area contributed by atoms with Crippen LogP contribution in [0, 0.1) is 6.61 Å². The normalized spacial score (nSPS) is 6.95. The Morgan fingerprint density at radius 3 is 0.895 bits per heavy atom. The third-order valence-electron chi connectivity index (χ3n) is 0.447. The van der Waals surface area contributed by atoms with Gasteiger partial charge in [-0.3, -0.25) is 0 Å². The average molecular weight is 453 g/mol. The predicted octanol–water partition coefficient (Wildman–Crippen LogP) is 0.0742. The topological polar surface area (TPSA) is 104 Å². The van der Waals surface area contributed by atoms with E-state index in [0.717, 1.165) is 6.61 Å². The van der Waals surface area contributed by atoms with Crippen LogP contribution in [-0.2, 0) is 22.4 Å². The summed E-state index contributed by atoms with van der Waals surface area (Å²) in [4.78, 5) is 1.88. The van der Waals surface area contributed by atoms with E-state index in [1.54, 1.807) is 27.7 Å². The summed E-state index contributed by atoms with van der Waals surface area (Å²) in [5, 5.41) is 38.3. The second kappa shape index (κ2) is 62.8. The van der Waals surface area contributed by atoms with Crippen LogP contribution in [0.25, 0.3) is 0 Å². The van der Waals surface area contributed by atoms with Crippen LogP contribution in [-0.4, -0.2) is 77.5 Å². The molecule has 0 aliphatic heterocycles. The molecule has 0 rings (SSSR count). The minimum Gasteiger partial charge on any atom is -0.565 e. The monoisotopic (exact) mass is 453 g/mol. The minimum atomic E-state index is 0. The molecule has 19 heavy (non-hydrogen) atoms. The summed E-state index contributed by atoms with van der Waals surface area (Å²) in [5.74, 6) is 0. The molecule has 0 aromatic carbocycles. The number of likely N-dealkylation sites (N-methyl/N-ethyl adjacent to an activating group) is 1. The Balaban J connectivity index is -0.0000000287. The molecule has 6 nitrogen and oxygen atoms in total. The zero-order valence-electron chi connectivity index (χ0n) is 13.2. The zero-order chi connectivity index (χ0) is 15.8. The molecule has 0 aromatic rings. The molecule has 0 amide bonds. The fourth-order valence-electron chi connectivity index (χ4n) is 0.163. The Hall–Kier alpha value is 0.500. The number of aliphatic hydroxyl groups excluding tert-OH is 5. The van der Waals surface area contributed by atoms with E-state index in [1.807, 2.05) is 19.0 Å². The number of rotatable bonds is 2. The summed E-state index contributed by atoms with van der Waals surface area (Å²) in [6, 6.07) is 0. The Morgan fingerprint density at radius 2 is 0.895 bits per heavy atom. The first-order valence-electron chi connectivity index (χ1n) is 5.97. The Labute approximate surface area is 134 Å². The molecule has 0 aliphatic rings. The Bertz CT molecular complexity index is 73.1. The summed E-state index contributed by atoms with van der Waals surface area (Å²) in [5.41, 5.74) is 0. The number of aliphatic hydroxyl groups is 5. The van der Waals surface area contributed by atoms with Crippen LogP contribution < -0.4 is 0 Å². The molecule has 7 heteroatoms. The van der Waals surface area contributed by atoms with Gasteiger partial charge in [0.05, 0.1) is 0 Å². The molecular weight excluding hydrogens is 419 g/mol. The van der Waals surface area contributed by atoms with Crippen molar-refractivity contribution in [1.82, 2.24) is 4.90 Å². The fourth-order valence-corrected chi connectivity index (χ4v) is 0.163. The van der Waals surface area contributed by atoms with Crippen molar-refractivity contribution in [3.63, 3.8) is 0 Å². The van der Waals surface area contributed by atoms with Crippen molar-refractivity contribution in [3.05, 3.63) is 6.61 Å². The Kier molecular flexibility index (Phi) is 121. The maximum Gasteiger partial charge on any atom is 0.0402 e. The van der Waals surface area contributed by atoms with Gasteiger partial charge in [0.1, 0.15) is 0 Å². The molecule has 0 unspecified atom stereocenters. The molecular formula is C12H34NO5Ta-. The van der Waals surface area contributed by atoms with Crippen LogP contribution in [0.5, 0.6) is 0 Å². The minimum absolute atomic E-state index is 0. The van der Waals surface area contributed by atoms with E-state index < -0.39 is 0 Å². The van der Waals surface area contributed by atoms with E-state index in [2.05, 4.69) is 0 Å². The van der Waals surface area contributed by atoms with E-state index in [4.69, 9.17) is 25.5 Å². The summed E-state index contributed by atoms with van der Waals surface area (Å²) in [7, 11) is 3.79. The van der Waals surface area contributed by atoms with Crippen LogP contribution in [0.4, 0.5) is 0 Å². The van der Waals surface area contributed by atoms with Gasteiger partial charge in [-0.1, -0.05) is 0 Å². The van der Waals surface area contributed by atoms with Crippen LogP contribution in [0.2, 0.25) is 0 Å². The number of hydrogen-bond acceptors (Lipinski definition) is 6. The van der Waals surface area contributed by atoms with Crippen molar-refractivity contribution < 1.29 is 47.9 Å². The molecule has 0 saturated heterocycles. The number of nitrogens with zero attached hydrogens (tertiary/aromatic N) is 1. The van der Waals surface area contributed by atoms with Gasteiger partial charge in [0.25, 0.3) is 0 Å². The molecule has 0 saturated carbocycles. The van der Waals surface area contributed by atoms with E-state index in [-0.39, 0.29) is 48.8 Å². The van der Waals surface area contributed by atoms with E-state index in [0.29, 0.717) is 6.54 Å². The molecule has 0 spiro atoms. The summed E-state index contributed by atoms with van der Waals surface area (Å²) in [6.45, 7) is 9.49. The smallest absolute Gasteiger partial charge is 0.0402 e. The number of hydrogen-bond donors (Lipinski definition) is 5. The van der Waals surface area contributed by atoms with E-state index >= 15 is 0 Å². The van der Waals surface area contributed by atoms with Crippen LogP contribution in [0.15, 0.2) is 0 Å². The van der Waals surface area contributed by atoms with Gasteiger partial charge in [-0.15, -0.1) is 6.54 Å². The van der Waals surface area contributed by atoms with Crippen molar-refractivity contribution in [1.29, 1.82) is 0 Å². The largest absolute Gasteiger partial charge is 0.565 e. The second-order valence-electron chi connectivity index (χ2n) is 2.71. The molecule has 0 heterocycles. The van der Waals surface area contributed by atoms with Crippen LogP contribution in [0.1, 0.15) is 27.7 Å². The molecule has 0 aliphatic carbocycles. The van der Waals surface area contributed by atoms with Gasteiger partial charge in [-0.05, 0) is 41.8 Å². The van der Waals surface area contributed by atoms with E-state index in [1.165, 1.54) is 0 Å². The van der Waals surface area contributed by atoms with Crippen LogP contribution >= 0.6 is 0 Å². The van der Waals surface area contributed by atoms with Gasteiger partial charge < -0.3 is 30.4 Å². The first-order chi connectivity index (χ1) is 8.43. The van der Waals surface area contributed by atoms with Crippen molar-refractivity contribution in [2.45, 2.75) is 27.7 Å². The van der Waals surface area contributed by atoms with Crippen LogP contribution in [0.3, 0.4) is 0 Å². The molecule has 0 atom stereocenters. The molecule has 0 aromatic heterocycles. The van der Waals surface area contributed by atoms with Gasteiger partial charge in [0.2, 0.25) is 0 Å². The van der Waals surface area contributed by atoms with Gasteiger partial charge in [-0.2, -0.15) is 0 Å².